The Balaban J connectivity index is 2.09. The highest BCUT2D eigenvalue weighted by Crippen LogP contribution is 2.37. The van der Waals surface area contributed by atoms with E-state index in [0.717, 1.165) is 19.6 Å². The van der Waals surface area contributed by atoms with Crippen molar-refractivity contribution in [2.24, 2.45) is 0 Å². The minimum Gasteiger partial charge on any atom is -0.308 e. The standard InChI is InChI=1S/C16H31FN2/c1-3-16(4-2)13-18-15(9-6-5-7-10-15)14-19(16)12-8-11-17/h18H,3-14H2,1-2H3. The van der Waals surface area contributed by atoms with Crippen LogP contribution in [0, 0.1) is 0 Å². The predicted octanol–water partition coefficient (Wildman–Crippen LogP) is 3.51. The molecule has 0 aromatic carbocycles. The SMILES string of the molecule is CCC1(CC)CNC2(CCCCC2)CN1CCCF. The summed E-state index contributed by atoms with van der Waals surface area (Å²) in [5.74, 6) is 0. The molecule has 2 aliphatic rings. The molecule has 0 bridgehead atoms. The molecule has 0 aromatic heterocycles. The van der Waals surface area contributed by atoms with Gasteiger partial charge in [0.25, 0.3) is 0 Å². The van der Waals surface area contributed by atoms with Crippen LogP contribution in [-0.4, -0.2) is 42.3 Å². The van der Waals surface area contributed by atoms with Crippen LogP contribution < -0.4 is 5.32 Å². The highest BCUT2D eigenvalue weighted by atomic mass is 19.1. The number of hydrogen-bond donors (Lipinski definition) is 1. The summed E-state index contributed by atoms with van der Waals surface area (Å²) < 4.78 is 12.6. The maximum atomic E-state index is 12.6. The Kier molecular flexibility index (Phi) is 5.24. The second-order valence-electron chi connectivity index (χ2n) is 6.59. The zero-order chi connectivity index (χ0) is 13.8. The lowest BCUT2D eigenvalue weighted by Gasteiger charge is -2.56. The molecule has 3 heteroatoms. The summed E-state index contributed by atoms with van der Waals surface area (Å²) in [4.78, 5) is 2.62. The first-order valence-electron chi connectivity index (χ1n) is 8.26. The van der Waals surface area contributed by atoms with Crippen molar-refractivity contribution in [3.8, 4) is 0 Å². The highest BCUT2D eigenvalue weighted by Gasteiger charge is 2.45. The fraction of sp³-hybridized carbons (Fsp3) is 1.00. The Morgan fingerprint density at radius 3 is 2.37 bits per heavy atom. The largest absolute Gasteiger partial charge is 0.308 e. The molecule has 0 unspecified atom stereocenters. The normalized spacial score (nSPS) is 26.7. The summed E-state index contributed by atoms with van der Waals surface area (Å²) in [6.07, 6.45) is 9.74. The molecule has 112 valence electrons. The molecule has 1 aliphatic heterocycles. The van der Waals surface area contributed by atoms with Crippen molar-refractivity contribution in [1.29, 1.82) is 0 Å². The van der Waals surface area contributed by atoms with Gasteiger partial charge in [-0.05, 0) is 32.1 Å². The summed E-state index contributed by atoms with van der Waals surface area (Å²) in [6.45, 7) is 7.54. The van der Waals surface area contributed by atoms with Crippen LogP contribution in [0.25, 0.3) is 0 Å². The topological polar surface area (TPSA) is 15.3 Å². The molecule has 1 aliphatic carbocycles. The molecule has 0 amide bonds. The van der Waals surface area contributed by atoms with Gasteiger partial charge in [0, 0.05) is 30.7 Å². The third-order valence-electron chi connectivity index (χ3n) is 5.65. The molecular formula is C16H31FN2. The molecule has 0 atom stereocenters. The number of piperazine rings is 1. The average molecular weight is 270 g/mol. The molecule has 0 aromatic rings. The van der Waals surface area contributed by atoms with Crippen LogP contribution in [-0.2, 0) is 0 Å². The van der Waals surface area contributed by atoms with E-state index in [9.17, 15) is 4.39 Å². The van der Waals surface area contributed by atoms with E-state index in [2.05, 4.69) is 24.1 Å². The van der Waals surface area contributed by atoms with E-state index in [0.29, 0.717) is 12.0 Å². The van der Waals surface area contributed by atoms with Gasteiger partial charge in [0.15, 0.2) is 0 Å². The zero-order valence-electron chi connectivity index (χ0n) is 12.8. The number of halogens is 1. The van der Waals surface area contributed by atoms with Gasteiger partial charge in [0.2, 0.25) is 0 Å². The van der Waals surface area contributed by atoms with Crippen LogP contribution in [0.2, 0.25) is 0 Å². The molecule has 2 nitrogen and oxygen atoms in total. The lowest BCUT2D eigenvalue weighted by molar-refractivity contribution is -0.0156. The quantitative estimate of drug-likeness (QED) is 0.822. The van der Waals surface area contributed by atoms with E-state index < -0.39 is 0 Å². The molecule has 1 saturated heterocycles. The van der Waals surface area contributed by atoms with Gasteiger partial charge in [-0.15, -0.1) is 0 Å². The second-order valence-corrected chi connectivity index (χ2v) is 6.59. The fourth-order valence-corrected chi connectivity index (χ4v) is 4.13. The van der Waals surface area contributed by atoms with Crippen LogP contribution in [0.5, 0.6) is 0 Å². The van der Waals surface area contributed by atoms with Crippen molar-refractivity contribution >= 4 is 0 Å². The second kappa shape index (κ2) is 6.53. The molecule has 1 spiro atoms. The van der Waals surface area contributed by atoms with Gasteiger partial charge in [-0.3, -0.25) is 9.29 Å². The summed E-state index contributed by atoms with van der Waals surface area (Å²) in [5.41, 5.74) is 0.597. The van der Waals surface area contributed by atoms with Crippen LogP contribution in [0.1, 0.15) is 65.2 Å². The summed E-state index contributed by atoms with van der Waals surface area (Å²) in [6, 6.07) is 0. The van der Waals surface area contributed by atoms with Crippen LogP contribution in [0.3, 0.4) is 0 Å². The third kappa shape index (κ3) is 3.13. The molecule has 2 rings (SSSR count). The maximum Gasteiger partial charge on any atom is 0.0906 e. The highest BCUT2D eigenvalue weighted by molar-refractivity contribution is 5.05. The Morgan fingerprint density at radius 1 is 1.11 bits per heavy atom. The smallest absolute Gasteiger partial charge is 0.0906 e. The Labute approximate surface area is 118 Å². The monoisotopic (exact) mass is 270 g/mol. The molecule has 1 saturated carbocycles. The van der Waals surface area contributed by atoms with Crippen molar-refractivity contribution in [2.75, 3.05) is 26.3 Å². The van der Waals surface area contributed by atoms with Crippen LogP contribution >= 0.6 is 0 Å². The molecule has 1 heterocycles. The van der Waals surface area contributed by atoms with Crippen molar-refractivity contribution in [3.05, 3.63) is 0 Å². The number of nitrogens with zero attached hydrogens (tertiary/aromatic N) is 1. The number of rotatable bonds is 5. The van der Waals surface area contributed by atoms with E-state index in [1.165, 1.54) is 44.9 Å². The first-order chi connectivity index (χ1) is 9.20. The maximum absolute atomic E-state index is 12.6. The van der Waals surface area contributed by atoms with Gasteiger partial charge >= 0.3 is 0 Å². The molecule has 0 radical (unpaired) electrons. The minimum atomic E-state index is -0.180. The van der Waals surface area contributed by atoms with E-state index in [1.54, 1.807) is 0 Å². The summed E-state index contributed by atoms with van der Waals surface area (Å²) >= 11 is 0. The lowest BCUT2D eigenvalue weighted by Crippen LogP contribution is -2.70. The van der Waals surface area contributed by atoms with Gasteiger partial charge in [0.1, 0.15) is 0 Å². The Hall–Kier alpha value is -0.150. The van der Waals surface area contributed by atoms with Crippen molar-refractivity contribution in [2.45, 2.75) is 76.3 Å². The Morgan fingerprint density at radius 2 is 1.79 bits per heavy atom. The first kappa shape index (κ1) is 15.2. The third-order valence-corrected chi connectivity index (χ3v) is 5.65. The van der Waals surface area contributed by atoms with E-state index >= 15 is 0 Å². The number of hydrogen-bond acceptors (Lipinski definition) is 2. The van der Waals surface area contributed by atoms with Gasteiger partial charge in [0.05, 0.1) is 6.67 Å². The summed E-state index contributed by atoms with van der Waals surface area (Å²) in [5, 5.41) is 3.90. The summed E-state index contributed by atoms with van der Waals surface area (Å²) in [7, 11) is 0. The molecule has 2 fully saturated rings. The predicted molar refractivity (Wildman–Crippen MR) is 79.3 cm³/mol. The van der Waals surface area contributed by atoms with Gasteiger partial charge < -0.3 is 5.32 Å². The van der Waals surface area contributed by atoms with E-state index in [1.807, 2.05) is 0 Å². The van der Waals surface area contributed by atoms with Crippen LogP contribution in [0.15, 0.2) is 0 Å². The zero-order valence-corrected chi connectivity index (χ0v) is 12.8. The minimum absolute atomic E-state index is 0.180. The van der Waals surface area contributed by atoms with E-state index in [4.69, 9.17) is 0 Å². The molecular weight excluding hydrogens is 239 g/mol. The van der Waals surface area contributed by atoms with E-state index in [-0.39, 0.29) is 12.2 Å². The van der Waals surface area contributed by atoms with Gasteiger partial charge in [-0.25, -0.2) is 0 Å². The molecule has 1 N–H and O–H groups in total. The first-order valence-corrected chi connectivity index (χ1v) is 8.26. The lowest BCUT2D eigenvalue weighted by atomic mass is 9.75. The average Bonchev–Trinajstić information content (AvgIpc) is 2.47. The Bertz CT molecular complexity index is 270. The van der Waals surface area contributed by atoms with Crippen LogP contribution in [0.4, 0.5) is 4.39 Å². The van der Waals surface area contributed by atoms with Crippen molar-refractivity contribution in [3.63, 3.8) is 0 Å². The number of alkyl halides is 1. The van der Waals surface area contributed by atoms with Crippen molar-refractivity contribution < 1.29 is 4.39 Å². The van der Waals surface area contributed by atoms with Gasteiger partial charge in [-0.1, -0.05) is 33.1 Å². The molecule has 19 heavy (non-hydrogen) atoms. The van der Waals surface area contributed by atoms with Crippen molar-refractivity contribution in [1.82, 2.24) is 10.2 Å². The fourth-order valence-electron chi connectivity index (χ4n) is 4.13. The number of nitrogens with one attached hydrogen (secondary N) is 1. The van der Waals surface area contributed by atoms with Gasteiger partial charge in [-0.2, -0.15) is 0 Å².